The molecule has 1 saturated carbocycles. The number of aromatic amines is 1. The van der Waals surface area contributed by atoms with Crippen molar-refractivity contribution in [3.8, 4) is 11.5 Å². The molecular formula is C27H26N6O4S. The third-order valence-electron chi connectivity index (χ3n) is 7.34. The smallest absolute Gasteiger partial charge is 0.253 e. The molecule has 1 aromatic carbocycles. The zero-order valence-electron chi connectivity index (χ0n) is 20.6. The molecule has 10 nitrogen and oxygen atoms in total. The Morgan fingerprint density at radius 2 is 1.97 bits per heavy atom. The van der Waals surface area contributed by atoms with Gasteiger partial charge in [-0.25, -0.2) is 4.68 Å². The Kier molecular flexibility index (Phi) is 5.94. The van der Waals surface area contributed by atoms with Gasteiger partial charge in [0.25, 0.3) is 5.56 Å². The van der Waals surface area contributed by atoms with Crippen molar-refractivity contribution < 1.29 is 13.9 Å². The quantitative estimate of drug-likeness (QED) is 0.304. The number of hydrogen-bond donors (Lipinski definition) is 1. The zero-order valence-corrected chi connectivity index (χ0v) is 21.4. The number of furan rings is 1. The van der Waals surface area contributed by atoms with E-state index in [1.807, 2.05) is 41.1 Å². The van der Waals surface area contributed by atoms with Crippen LogP contribution in [0.15, 0.2) is 63.3 Å². The van der Waals surface area contributed by atoms with Crippen molar-refractivity contribution >= 4 is 22.2 Å². The van der Waals surface area contributed by atoms with E-state index < -0.39 is 6.04 Å². The van der Waals surface area contributed by atoms with Crippen molar-refractivity contribution in [2.24, 2.45) is 0 Å². The Labute approximate surface area is 221 Å². The standard InChI is InChI=1S/C27H26N6O4S/c34-27-21(11-17-12-23-24(37-16-36-23)13-22(17)28-27)25(26-29-30-31-33(26)18-5-1-2-6-18)32(14-19-7-3-9-35-19)15-20-8-4-10-38-20/h3-4,7-13,18,25H,1-2,5-6,14-16H2,(H,28,34)/t25-/m0/s1. The van der Waals surface area contributed by atoms with E-state index in [9.17, 15) is 4.79 Å². The molecule has 1 aliphatic carbocycles. The second-order valence-electron chi connectivity index (χ2n) is 9.73. The SMILES string of the molecule is O=c1[nH]c2cc3c(cc2cc1[C@@H](c1nnnn1C1CCCC1)N(Cc1ccco1)Cc1cccs1)OCO3. The molecule has 1 N–H and O–H groups in total. The molecule has 194 valence electrons. The molecule has 2 aliphatic rings. The lowest BCUT2D eigenvalue weighted by molar-refractivity contribution is 0.174. The van der Waals surface area contributed by atoms with Crippen LogP contribution in [0.3, 0.4) is 0 Å². The Hall–Kier alpha value is -3.96. The van der Waals surface area contributed by atoms with Gasteiger partial charge in [-0.05, 0) is 59.0 Å². The van der Waals surface area contributed by atoms with Crippen LogP contribution < -0.4 is 15.0 Å². The number of hydrogen-bond acceptors (Lipinski definition) is 9. The van der Waals surface area contributed by atoms with Crippen molar-refractivity contribution in [3.63, 3.8) is 0 Å². The Bertz CT molecular complexity index is 1570. The molecule has 5 aromatic rings. The molecular weight excluding hydrogens is 504 g/mol. The first-order chi connectivity index (χ1) is 18.7. The summed E-state index contributed by atoms with van der Waals surface area (Å²) in [7, 11) is 0. The summed E-state index contributed by atoms with van der Waals surface area (Å²) in [6, 6.07) is 13.3. The molecule has 1 aliphatic heterocycles. The van der Waals surface area contributed by atoms with E-state index in [2.05, 4.69) is 36.9 Å². The van der Waals surface area contributed by atoms with Gasteiger partial charge < -0.3 is 18.9 Å². The normalized spacial score (nSPS) is 16.1. The molecule has 0 saturated heterocycles. The monoisotopic (exact) mass is 530 g/mol. The van der Waals surface area contributed by atoms with Gasteiger partial charge in [0.1, 0.15) is 11.8 Å². The summed E-state index contributed by atoms with van der Waals surface area (Å²) in [5.74, 6) is 2.74. The first-order valence-corrected chi connectivity index (χ1v) is 13.6. The summed E-state index contributed by atoms with van der Waals surface area (Å²) in [6.07, 6.45) is 5.99. The predicted octanol–water partition coefficient (Wildman–Crippen LogP) is 4.80. The summed E-state index contributed by atoms with van der Waals surface area (Å²) in [5.41, 5.74) is 1.06. The van der Waals surface area contributed by atoms with Gasteiger partial charge >= 0.3 is 0 Å². The van der Waals surface area contributed by atoms with Crippen LogP contribution in [0.5, 0.6) is 11.5 Å². The minimum absolute atomic E-state index is 0.166. The van der Waals surface area contributed by atoms with Crippen molar-refractivity contribution in [1.82, 2.24) is 30.1 Å². The Balaban J connectivity index is 1.40. The molecule has 5 heterocycles. The molecule has 0 bridgehead atoms. The van der Waals surface area contributed by atoms with Crippen LogP contribution in [0.25, 0.3) is 10.9 Å². The van der Waals surface area contributed by atoms with Gasteiger partial charge in [0.05, 0.1) is 24.4 Å². The van der Waals surface area contributed by atoms with Crippen molar-refractivity contribution in [3.05, 3.63) is 86.5 Å². The van der Waals surface area contributed by atoms with Crippen molar-refractivity contribution in [2.75, 3.05) is 6.79 Å². The highest BCUT2D eigenvalue weighted by atomic mass is 32.1. The maximum Gasteiger partial charge on any atom is 0.253 e. The van der Waals surface area contributed by atoms with E-state index in [4.69, 9.17) is 13.9 Å². The molecule has 4 aromatic heterocycles. The maximum atomic E-state index is 13.8. The van der Waals surface area contributed by atoms with Crippen molar-refractivity contribution in [1.29, 1.82) is 0 Å². The van der Waals surface area contributed by atoms with Crippen LogP contribution in [-0.4, -0.2) is 36.9 Å². The first kappa shape index (κ1) is 23.2. The number of pyridine rings is 1. The summed E-state index contributed by atoms with van der Waals surface area (Å²) >= 11 is 1.68. The van der Waals surface area contributed by atoms with Crippen LogP contribution in [0, 0.1) is 0 Å². The van der Waals surface area contributed by atoms with E-state index >= 15 is 0 Å². The van der Waals surface area contributed by atoms with Gasteiger partial charge in [-0.15, -0.1) is 16.4 Å². The number of H-pyrrole nitrogens is 1. The van der Waals surface area contributed by atoms with Crippen molar-refractivity contribution in [2.45, 2.75) is 50.9 Å². The maximum absolute atomic E-state index is 13.8. The van der Waals surface area contributed by atoms with Crippen LogP contribution in [0.1, 0.15) is 59.8 Å². The molecule has 7 rings (SSSR count). The molecule has 0 spiro atoms. The molecule has 1 atom stereocenters. The fourth-order valence-corrected chi connectivity index (χ4v) is 6.28. The Morgan fingerprint density at radius 3 is 2.76 bits per heavy atom. The number of thiophene rings is 1. The lowest BCUT2D eigenvalue weighted by Gasteiger charge is -2.30. The first-order valence-electron chi connectivity index (χ1n) is 12.8. The number of tetrazole rings is 1. The van der Waals surface area contributed by atoms with Crippen LogP contribution in [-0.2, 0) is 13.1 Å². The number of fused-ring (bicyclic) bond motifs is 2. The second-order valence-corrected chi connectivity index (χ2v) is 10.8. The van der Waals surface area contributed by atoms with E-state index in [-0.39, 0.29) is 18.4 Å². The molecule has 0 unspecified atom stereocenters. The molecule has 38 heavy (non-hydrogen) atoms. The molecule has 0 amide bonds. The molecule has 1 fully saturated rings. The highest BCUT2D eigenvalue weighted by molar-refractivity contribution is 7.09. The number of benzene rings is 1. The summed E-state index contributed by atoms with van der Waals surface area (Å²) < 4.78 is 18.8. The highest BCUT2D eigenvalue weighted by Crippen LogP contribution is 2.38. The third kappa shape index (κ3) is 4.27. The molecule has 11 heteroatoms. The van der Waals surface area contributed by atoms with Gasteiger partial charge in [0.2, 0.25) is 6.79 Å². The van der Waals surface area contributed by atoms with Gasteiger partial charge in [-0.2, -0.15) is 0 Å². The van der Waals surface area contributed by atoms with Crippen LogP contribution in [0.2, 0.25) is 0 Å². The number of nitrogens with one attached hydrogen (secondary N) is 1. The number of nitrogens with zero attached hydrogens (tertiary/aromatic N) is 5. The third-order valence-corrected chi connectivity index (χ3v) is 8.20. The highest BCUT2D eigenvalue weighted by Gasteiger charge is 2.34. The lowest BCUT2D eigenvalue weighted by atomic mass is 10.0. The number of ether oxygens (including phenoxy) is 2. The molecule has 0 radical (unpaired) electrons. The largest absolute Gasteiger partial charge is 0.468 e. The van der Waals surface area contributed by atoms with Gasteiger partial charge in [-0.3, -0.25) is 9.69 Å². The minimum atomic E-state index is -0.517. The number of rotatable bonds is 8. The topological polar surface area (TPSA) is 111 Å². The summed E-state index contributed by atoms with van der Waals surface area (Å²) in [5, 5.41) is 16.0. The Morgan fingerprint density at radius 1 is 1.11 bits per heavy atom. The average Bonchev–Trinajstić information content (AvgIpc) is 3.73. The van der Waals surface area contributed by atoms with Gasteiger partial charge in [-0.1, -0.05) is 18.9 Å². The van der Waals surface area contributed by atoms with Gasteiger partial charge in [0, 0.05) is 28.4 Å². The van der Waals surface area contributed by atoms with E-state index in [1.165, 1.54) is 4.88 Å². The number of aromatic nitrogens is 5. The fourth-order valence-electron chi connectivity index (χ4n) is 5.55. The zero-order chi connectivity index (χ0) is 25.5. The second kappa shape index (κ2) is 9.73. The fraction of sp³-hybridized carbons (Fsp3) is 0.333. The van der Waals surface area contributed by atoms with E-state index in [0.29, 0.717) is 41.5 Å². The van der Waals surface area contributed by atoms with Crippen LogP contribution >= 0.6 is 11.3 Å². The van der Waals surface area contributed by atoms with Crippen LogP contribution in [0.4, 0.5) is 0 Å². The minimum Gasteiger partial charge on any atom is -0.468 e. The average molecular weight is 531 g/mol. The van der Waals surface area contributed by atoms with Gasteiger partial charge in [0.15, 0.2) is 17.3 Å². The lowest BCUT2D eigenvalue weighted by Crippen LogP contribution is -2.35. The predicted molar refractivity (Wildman–Crippen MR) is 140 cm³/mol. The van der Waals surface area contributed by atoms with E-state index in [1.54, 1.807) is 17.6 Å². The summed E-state index contributed by atoms with van der Waals surface area (Å²) in [6.45, 7) is 1.24. The van der Waals surface area contributed by atoms with E-state index in [0.717, 1.165) is 36.8 Å². The summed E-state index contributed by atoms with van der Waals surface area (Å²) in [4.78, 5) is 20.2.